The lowest BCUT2D eigenvalue weighted by molar-refractivity contribution is 0.0707. The Morgan fingerprint density at radius 1 is 1.17 bits per heavy atom. The van der Waals surface area contributed by atoms with Crippen molar-refractivity contribution in [1.82, 2.24) is 9.55 Å². The van der Waals surface area contributed by atoms with E-state index in [4.69, 9.17) is 4.74 Å². The predicted octanol–water partition coefficient (Wildman–Crippen LogP) is 3.32. The fourth-order valence-corrected chi connectivity index (χ4v) is 3.31. The molecular weight excluding hydrogens is 304 g/mol. The molecule has 1 aliphatic rings. The Bertz CT molecular complexity index is 877. The van der Waals surface area contributed by atoms with Crippen molar-refractivity contribution in [3.05, 3.63) is 60.0 Å². The van der Waals surface area contributed by atoms with E-state index in [0.717, 1.165) is 37.0 Å². The summed E-state index contributed by atoms with van der Waals surface area (Å²) in [5, 5.41) is 10.3. The van der Waals surface area contributed by atoms with E-state index in [9.17, 15) is 9.90 Å². The fourth-order valence-electron chi connectivity index (χ4n) is 3.31. The van der Waals surface area contributed by atoms with Crippen LogP contribution in [0.5, 0.6) is 5.75 Å². The van der Waals surface area contributed by atoms with E-state index in [0.29, 0.717) is 17.2 Å². The van der Waals surface area contributed by atoms with Crippen LogP contribution in [0.2, 0.25) is 0 Å². The second-order valence-electron chi connectivity index (χ2n) is 6.06. The second kappa shape index (κ2) is 6.09. The summed E-state index contributed by atoms with van der Waals surface area (Å²) >= 11 is 0. The Kier molecular flexibility index (Phi) is 3.78. The number of carbonyl (C=O) groups is 1. The van der Waals surface area contributed by atoms with Crippen LogP contribution in [0.1, 0.15) is 34.8 Å². The zero-order valence-corrected chi connectivity index (χ0v) is 13.2. The average molecular weight is 322 g/mol. The molecule has 0 amide bonds. The topological polar surface area (TPSA) is 64.3 Å². The van der Waals surface area contributed by atoms with E-state index in [-0.39, 0.29) is 11.5 Å². The van der Waals surface area contributed by atoms with Crippen molar-refractivity contribution in [3.63, 3.8) is 0 Å². The van der Waals surface area contributed by atoms with Gasteiger partial charge in [0, 0.05) is 48.2 Å². The van der Waals surface area contributed by atoms with Gasteiger partial charge in [0.2, 0.25) is 0 Å². The molecule has 1 aromatic carbocycles. The molecule has 24 heavy (non-hydrogen) atoms. The summed E-state index contributed by atoms with van der Waals surface area (Å²) in [5.41, 5.74) is 2.21. The highest BCUT2D eigenvalue weighted by molar-refractivity contribution is 6.16. The number of hydrogen-bond donors (Lipinski definition) is 1. The second-order valence-corrected chi connectivity index (χ2v) is 6.06. The molecule has 0 radical (unpaired) electrons. The summed E-state index contributed by atoms with van der Waals surface area (Å²) in [5.74, 6) is 0.109. The monoisotopic (exact) mass is 322 g/mol. The first-order valence-corrected chi connectivity index (χ1v) is 8.10. The van der Waals surface area contributed by atoms with Crippen LogP contribution in [0.25, 0.3) is 10.9 Å². The molecule has 2 aromatic heterocycles. The van der Waals surface area contributed by atoms with Crippen molar-refractivity contribution in [1.29, 1.82) is 0 Å². The molecule has 3 aromatic rings. The molecule has 0 atom stereocenters. The molecule has 1 saturated heterocycles. The van der Waals surface area contributed by atoms with Crippen LogP contribution in [-0.2, 0) is 4.74 Å². The highest BCUT2D eigenvalue weighted by Crippen LogP contribution is 2.30. The number of rotatable bonds is 3. The fraction of sp³-hybridized carbons (Fsp3) is 0.263. The third-order valence-corrected chi connectivity index (χ3v) is 4.59. The van der Waals surface area contributed by atoms with Gasteiger partial charge in [-0.2, -0.15) is 0 Å². The normalized spacial score (nSPS) is 15.7. The molecule has 0 aliphatic carbocycles. The van der Waals surface area contributed by atoms with Gasteiger partial charge in [-0.25, -0.2) is 0 Å². The number of aromatic nitrogens is 2. The van der Waals surface area contributed by atoms with Gasteiger partial charge in [0.25, 0.3) is 0 Å². The van der Waals surface area contributed by atoms with Crippen LogP contribution in [0.3, 0.4) is 0 Å². The maximum Gasteiger partial charge on any atom is 0.195 e. The number of nitrogens with zero attached hydrogens (tertiary/aromatic N) is 2. The first-order chi connectivity index (χ1) is 11.7. The number of ketones is 1. The van der Waals surface area contributed by atoms with Gasteiger partial charge in [0.1, 0.15) is 5.75 Å². The molecule has 0 spiro atoms. The first-order valence-electron chi connectivity index (χ1n) is 8.10. The molecule has 5 heteroatoms. The molecule has 3 heterocycles. The minimum atomic E-state index is -0.0444. The zero-order chi connectivity index (χ0) is 16.5. The minimum absolute atomic E-state index is 0.0444. The quantitative estimate of drug-likeness (QED) is 0.751. The Morgan fingerprint density at radius 3 is 2.67 bits per heavy atom. The van der Waals surface area contributed by atoms with Crippen molar-refractivity contribution < 1.29 is 14.6 Å². The minimum Gasteiger partial charge on any atom is -0.508 e. The van der Waals surface area contributed by atoms with Crippen molar-refractivity contribution in [3.8, 4) is 5.75 Å². The summed E-state index contributed by atoms with van der Waals surface area (Å²) in [6, 6.07) is 8.58. The summed E-state index contributed by atoms with van der Waals surface area (Å²) in [6.07, 6.45) is 7.34. The molecule has 1 fully saturated rings. The molecular formula is C19H18N2O3. The van der Waals surface area contributed by atoms with Gasteiger partial charge in [0.05, 0.1) is 11.7 Å². The lowest BCUT2D eigenvalue weighted by atomic mass is 10.0. The molecule has 122 valence electrons. The van der Waals surface area contributed by atoms with Gasteiger partial charge in [-0.05, 0) is 43.2 Å². The van der Waals surface area contributed by atoms with Crippen molar-refractivity contribution in [2.75, 3.05) is 13.2 Å². The standard InChI is InChI=1S/C19H18N2O3/c22-15-3-1-13(2-4-15)19(23)17-12-21(14-6-9-24-10-7-14)18-11-20-8-5-16(17)18/h1-5,8,11-12,14,22H,6-7,9-10H2. The smallest absolute Gasteiger partial charge is 0.195 e. The number of ether oxygens (including phenoxy) is 1. The largest absolute Gasteiger partial charge is 0.508 e. The number of benzene rings is 1. The van der Waals surface area contributed by atoms with Crippen molar-refractivity contribution in [2.24, 2.45) is 0 Å². The van der Waals surface area contributed by atoms with Crippen LogP contribution in [-0.4, -0.2) is 33.7 Å². The van der Waals surface area contributed by atoms with Crippen molar-refractivity contribution in [2.45, 2.75) is 18.9 Å². The highest BCUT2D eigenvalue weighted by atomic mass is 16.5. The van der Waals surface area contributed by atoms with Gasteiger partial charge >= 0.3 is 0 Å². The Hall–Kier alpha value is -2.66. The molecule has 1 N–H and O–H groups in total. The SMILES string of the molecule is O=C(c1ccc(O)cc1)c1cn(C2CCOCC2)c2cnccc12. The number of phenols is 1. The number of carbonyl (C=O) groups excluding carboxylic acids is 1. The van der Waals surface area contributed by atoms with Gasteiger partial charge in [0.15, 0.2) is 5.78 Å². The van der Waals surface area contributed by atoms with E-state index in [1.807, 2.05) is 18.5 Å². The lowest BCUT2D eigenvalue weighted by Gasteiger charge is -2.24. The summed E-state index contributed by atoms with van der Waals surface area (Å²) in [7, 11) is 0. The zero-order valence-electron chi connectivity index (χ0n) is 13.2. The van der Waals surface area contributed by atoms with E-state index < -0.39 is 0 Å². The highest BCUT2D eigenvalue weighted by Gasteiger charge is 2.22. The van der Waals surface area contributed by atoms with Crippen LogP contribution in [0.15, 0.2) is 48.9 Å². The molecule has 0 unspecified atom stereocenters. The lowest BCUT2D eigenvalue weighted by Crippen LogP contribution is -2.19. The van der Waals surface area contributed by atoms with Gasteiger partial charge in [-0.15, -0.1) is 0 Å². The molecule has 1 aliphatic heterocycles. The first kappa shape index (κ1) is 14.9. The third kappa shape index (κ3) is 2.57. The molecule has 0 saturated carbocycles. The number of fused-ring (bicyclic) bond motifs is 1. The molecule has 0 bridgehead atoms. The maximum absolute atomic E-state index is 12.9. The van der Waals surface area contributed by atoms with Crippen LogP contribution >= 0.6 is 0 Å². The van der Waals surface area contributed by atoms with Gasteiger partial charge in [-0.1, -0.05) is 0 Å². The molecule has 4 rings (SSSR count). The van der Waals surface area contributed by atoms with Gasteiger partial charge in [-0.3, -0.25) is 9.78 Å². The van der Waals surface area contributed by atoms with E-state index in [2.05, 4.69) is 9.55 Å². The summed E-state index contributed by atoms with van der Waals surface area (Å²) < 4.78 is 7.61. The number of phenolic OH excluding ortho intramolecular Hbond substituents is 1. The number of pyridine rings is 1. The van der Waals surface area contributed by atoms with E-state index >= 15 is 0 Å². The van der Waals surface area contributed by atoms with Crippen LogP contribution in [0, 0.1) is 0 Å². The molecule has 5 nitrogen and oxygen atoms in total. The Labute approximate surface area is 139 Å². The van der Waals surface area contributed by atoms with E-state index in [1.165, 1.54) is 12.1 Å². The predicted molar refractivity (Wildman–Crippen MR) is 90.4 cm³/mol. The summed E-state index contributed by atoms with van der Waals surface area (Å²) in [4.78, 5) is 17.2. The van der Waals surface area contributed by atoms with Crippen LogP contribution < -0.4 is 0 Å². The van der Waals surface area contributed by atoms with Crippen molar-refractivity contribution >= 4 is 16.7 Å². The Balaban J connectivity index is 1.80. The number of hydrogen-bond acceptors (Lipinski definition) is 4. The Morgan fingerprint density at radius 2 is 1.92 bits per heavy atom. The average Bonchev–Trinajstić information content (AvgIpc) is 3.02. The third-order valence-electron chi connectivity index (χ3n) is 4.59. The van der Waals surface area contributed by atoms with E-state index in [1.54, 1.807) is 18.3 Å². The van der Waals surface area contributed by atoms with Gasteiger partial charge < -0.3 is 14.4 Å². The summed E-state index contributed by atoms with van der Waals surface area (Å²) in [6.45, 7) is 1.48. The number of aromatic hydroxyl groups is 1. The van der Waals surface area contributed by atoms with Crippen LogP contribution in [0.4, 0.5) is 0 Å². The maximum atomic E-state index is 12.9.